The van der Waals surface area contributed by atoms with Crippen LogP contribution in [0.15, 0.2) is 60.7 Å². The predicted octanol–water partition coefficient (Wildman–Crippen LogP) is 3.18. The first-order valence-corrected chi connectivity index (χ1v) is 11.9. The van der Waals surface area contributed by atoms with E-state index in [1.54, 1.807) is 48.9 Å². The lowest BCUT2D eigenvalue weighted by Crippen LogP contribution is -2.31. The molecule has 1 saturated heterocycles. The number of Topliss-reactive ketones (excluding diaryl/α,β-unsaturated/α-hetero) is 1. The van der Waals surface area contributed by atoms with Gasteiger partial charge in [0.05, 0.1) is 32.2 Å². The van der Waals surface area contributed by atoms with Crippen molar-refractivity contribution in [1.82, 2.24) is 14.5 Å². The molecule has 37 heavy (non-hydrogen) atoms. The number of imidazole rings is 1. The number of aliphatic hydroxyl groups is 1. The summed E-state index contributed by atoms with van der Waals surface area (Å²) in [5.41, 5.74) is 0.839. The SMILES string of the molecule is COc1cccc(C2C(=C(O)c3ccc4c(c3)OCCO4)C(=O)C(=O)N2CCCn2ccnc2)c1OC. The number of carbonyl (C=O) groups excluding carboxylic acids is 2. The zero-order chi connectivity index (χ0) is 25.9. The van der Waals surface area contributed by atoms with Crippen molar-refractivity contribution in [3.63, 3.8) is 0 Å². The van der Waals surface area contributed by atoms with Crippen LogP contribution in [0.2, 0.25) is 0 Å². The summed E-state index contributed by atoms with van der Waals surface area (Å²) in [4.78, 5) is 32.2. The lowest BCUT2D eigenvalue weighted by atomic mass is 9.94. The summed E-state index contributed by atoms with van der Waals surface area (Å²) < 4.78 is 24.2. The predicted molar refractivity (Wildman–Crippen MR) is 133 cm³/mol. The Morgan fingerprint density at radius 3 is 2.62 bits per heavy atom. The lowest BCUT2D eigenvalue weighted by Gasteiger charge is -2.27. The van der Waals surface area contributed by atoms with E-state index in [9.17, 15) is 14.7 Å². The number of aliphatic hydroxyl groups excluding tert-OH is 1. The number of likely N-dealkylation sites (tertiary alicyclic amines) is 1. The molecule has 2 aliphatic rings. The van der Waals surface area contributed by atoms with Crippen LogP contribution in [0.1, 0.15) is 23.6 Å². The van der Waals surface area contributed by atoms with Crippen molar-refractivity contribution in [2.75, 3.05) is 34.0 Å². The Morgan fingerprint density at radius 1 is 1.08 bits per heavy atom. The molecule has 2 aromatic carbocycles. The number of nitrogens with zero attached hydrogens (tertiary/aromatic N) is 3. The number of fused-ring (bicyclic) bond motifs is 1. The third-order valence-electron chi connectivity index (χ3n) is 6.46. The molecule has 1 fully saturated rings. The zero-order valence-corrected chi connectivity index (χ0v) is 20.5. The number of ketones is 1. The van der Waals surface area contributed by atoms with Gasteiger partial charge in [0, 0.05) is 36.6 Å². The molecule has 0 spiro atoms. The van der Waals surface area contributed by atoms with Gasteiger partial charge in [-0.25, -0.2) is 4.98 Å². The largest absolute Gasteiger partial charge is 0.507 e. The van der Waals surface area contributed by atoms with Gasteiger partial charge >= 0.3 is 0 Å². The molecule has 1 atom stereocenters. The number of benzene rings is 2. The molecule has 3 heterocycles. The Hall–Kier alpha value is -4.47. The number of hydrogen-bond acceptors (Lipinski definition) is 8. The molecular formula is C27H27N3O7. The highest BCUT2D eigenvalue weighted by molar-refractivity contribution is 6.46. The minimum Gasteiger partial charge on any atom is -0.507 e. The molecule has 10 heteroatoms. The normalized spacial score (nSPS) is 18.2. The first-order valence-electron chi connectivity index (χ1n) is 11.9. The number of aromatic nitrogens is 2. The number of aryl methyl sites for hydroxylation is 1. The van der Waals surface area contributed by atoms with Crippen LogP contribution < -0.4 is 18.9 Å². The molecule has 0 bridgehead atoms. The fourth-order valence-electron chi connectivity index (χ4n) is 4.75. The van der Waals surface area contributed by atoms with Crippen molar-refractivity contribution in [3.05, 3.63) is 71.8 Å². The Labute approximate surface area is 213 Å². The summed E-state index contributed by atoms with van der Waals surface area (Å²) in [6, 6.07) is 9.27. The highest BCUT2D eigenvalue weighted by Gasteiger charge is 2.47. The van der Waals surface area contributed by atoms with Gasteiger partial charge in [-0.1, -0.05) is 12.1 Å². The topological polar surface area (TPSA) is 112 Å². The summed E-state index contributed by atoms with van der Waals surface area (Å²) in [5, 5.41) is 11.4. The third kappa shape index (κ3) is 4.46. The molecule has 10 nitrogen and oxygen atoms in total. The second-order valence-corrected chi connectivity index (χ2v) is 8.59. The molecule has 1 amide bonds. The van der Waals surface area contributed by atoms with E-state index in [-0.39, 0.29) is 17.9 Å². The summed E-state index contributed by atoms with van der Waals surface area (Å²) in [7, 11) is 3.01. The Morgan fingerprint density at radius 2 is 1.89 bits per heavy atom. The summed E-state index contributed by atoms with van der Waals surface area (Å²) in [6.07, 6.45) is 5.77. The fraction of sp³-hybridized carbons (Fsp3) is 0.296. The van der Waals surface area contributed by atoms with Gasteiger partial charge in [-0.2, -0.15) is 0 Å². The molecule has 192 valence electrons. The van der Waals surface area contributed by atoms with Gasteiger partial charge in [0.2, 0.25) is 0 Å². The van der Waals surface area contributed by atoms with Crippen LogP contribution in [0.5, 0.6) is 23.0 Å². The molecule has 0 aliphatic carbocycles. The van der Waals surface area contributed by atoms with E-state index in [0.29, 0.717) is 60.3 Å². The summed E-state index contributed by atoms with van der Waals surface area (Å²) in [6.45, 7) is 1.68. The number of ether oxygens (including phenoxy) is 4. The first kappa shape index (κ1) is 24.2. The average Bonchev–Trinajstić information content (AvgIpc) is 3.54. The van der Waals surface area contributed by atoms with Gasteiger partial charge in [-0.15, -0.1) is 0 Å². The van der Waals surface area contributed by atoms with Crippen molar-refractivity contribution >= 4 is 17.4 Å². The maximum Gasteiger partial charge on any atom is 0.295 e. The van der Waals surface area contributed by atoms with E-state index in [0.717, 1.165) is 0 Å². The van der Waals surface area contributed by atoms with Crippen LogP contribution in [0.25, 0.3) is 5.76 Å². The van der Waals surface area contributed by atoms with E-state index < -0.39 is 17.7 Å². The van der Waals surface area contributed by atoms with Gasteiger partial charge in [0.25, 0.3) is 11.7 Å². The summed E-state index contributed by atoms with van der Waals surface area (Å²) in [5.74, 6) is 0.0638. The molecule has 1 aromatic heterocycles. The van der Waals surface area contributed by atoms with Crippen LogP contribution in [-0.4, -0.2) is 65.2 Å². The van der Waals surface area contributed by atoms with Crippen molar-refractivity contribution in [2.24, 2.45) is 0 Å². The zero-order valence-electron chi connectivity index (χ0n) is 20.5. The standard InChI is InChI=1S/C27H27N3O7/c1-34-20-6-3-5-18(26(20)35-2)23-22(24(31)17-7-8-19-21(15-17)37-14-13-36-19)25(32)27(33)30(23)11-4-10-29-12-9-28-16-29/h3,5-9,12,15-16,23,31H,4,10-11,13-14H2,1-2H3. The smallest absolute Gasteiger partial charge is 0.295 e. The van der Waals surface area contributed by atoms with E-state index >= 15 is 0 Å². The van der Waals surface area contributed by atoms with Gasteiger partial charge in [-0.3, -0.25) is 9.59 Å². The van der Waals surface area contributed by atoms with Gasteiger partial charge < -0.3 is 33.5 Å². The van der Waals surface area contributed by atoms with Crippen LogP contribution >= 0.6 is 0 Å². The first-order chi connectivity index (χ1) is 18.0. The molecule has 1 N–H and O–H groups in total. The van der Waals surface area contributed by atoms with Crippen LogP contribution in [0.3, 0.4) is 0 Å². The Kier molecular flexibility index (Phi) is 6.72. The number of amides is 1. The molecule has 1 unspecified atom stereocenters. The van der Waals surface area contributed by atoms with E-state index in [1.165, 1.54) is 19.1 Å². The van der Waals surface area contributed by atoms with E-state index in [2.05, 4.69) is 4.98 Å². The molecule has 2 aliphatic heterocycles. The lowest BCUT2D eigenvalue weighted by molar-refractivity contribution is -0.140. The van der Waals surface area contributed by atoms with Gasteiger partial charge in [0.1, 0.15) is 19.0 Å². The molecule has 5 rings (SSSR count). The number of carbonyl (C=O) groups is 2. The maximum atomic E-state index is 13.4. The molecule has 3 aromatic rings. The average molecular weight is 506 g/mol. The fourth-order valence-corrected chi connectivity index (χ4v) is 4.75. The summed E-state index contributed by atoms with van der Waals surface area (Å²) >= 11 is 0. The highest BCUT2D eigenvalue weighted by Crippen LogP contribution is 2.46. The van der Waals surface area contributed by atoms with Crippen molar-refractivity contribution in [3.8, 4) is 23.0 Å². The van der Waals surface area contributed by atoms with Crippen LogP contribution in [0, 0.1) is 0 Å². The second kappa shape index (κ2) is 10.3. The van der Waals surface area contributed by atoms with Crippen LogP contribution in [-0.2, 0) is 16.1 Å². The number of methoxy groups -OCH3 is 2. The number of hydrogen-bond donors (Lipinski definition) is 1. The minimum absolute atomic E-state index is 0.0316. The number of rotatable bonds is 8. The molecule has 0 radical (unpaired) electrons. The van der Waals surface area contributed by atoms with Crippen molar-refractivity contribution < 1.29 is 33.6 Å². The highest BCUT2D eigenvalue weighted by atomic mass is 16.6. The van der Waals surface area contributed by atoms with E-state index in [1.807, 2.05) is 10.8 Å². The van der Waals surface area contributed by atoms with Gasteiger partial charge in [-0.05, 0) is 30.7 Å². The minimum atomic E-state index is -0.888. The maximum absolute atomic E-state index is 13.4. The van der Waals surface area contributed by atoms with Crippen molar-refractivity contribution in [1.29, 1.82) is 0 Å². The second-order valence-electron chi connectivity index (χ2n) is 8.59. The van der Waals surface area contributed by atoms with Crippen LogP contribution in [0.4, 0.5) is 0 Å². The van der Waals surface area contributed by atoms with Crippen molar-refractivity contribution in [2.45, 2.75) is 19.0 Å². The molecular weight excluding hydrogens is 478 g/mol. The Bertz CT molecular complexity index is 1350. The van der Waals surface area contributed by atoms with E-state index in [4.69, 9.17) is 18.9 Å². The number of para-hydroxylation sites is 1. The quantitative estimate of drug-likeness (QED) is 0.282. The third-order valence-corrected chi connectivity index (χ3v) is 6.46. The Balaban J connectivity index is 1.60. The monoisotopic (exact) mass is 505 g/mol. The van der Waals surface area contributed by atoms with Gasteiger partial charge in [0.15, 0.2) is 23.0 Å². The molecule has 0 saturated carbocycles.